The molecule has 1 aromatic carbocycles. The van der Waals surface area contributed by atoms with Crippen LogP contribution in [-0.4, -0.2) is 37.8 Å². The molecule has 2 aliphatic rings. The van der Waals surface area contributed by atoms with Crippen molar-refractivity contribution in [2.24, 2.45) is 5.92 Å². The topological polar surface area (TPSA) is 63.7 Å². The molecular formula is C17H20F3NO4S. The molecule has 0 N–H and O–H groups in total. The molecule has 1 aliphatic carbocycles. The van der Waals surface area contributed by atoms with E-state index in [-0.39, 0.29) is 23.5 Å². The highest BCUT2D eigenvalue weighted by Gasteiger charge is 2.48. The normalized spacial score (nSPS) is 19.5. The molecule has 0 unspecified atom stereocenters. The van der Waals surface area contributed by atoms with Crippen LogP contribution in [0.15, 0.2) is 18.2 Å². The van der Waals surface area contributed by atoms with Crippen molar-refractivity contribution in [1.82, 2.24) is 4.90 Å². The van der Waals surface area contributed by atoms with Gasteiger partial charge in [0.25, 0.3) is 0 Å². The zero-order valence-electron chi connectivity index (χ0n) is 14.3. The molecule has 0 spiro atoms. The molecule has 9 heteroatoms. The van der Waals surface area contributed by atoms with E-state index in [4.69, 9.17) is 0 Å². The summed E-state index contributed by atoms with van der Waals surface area (Å²) in [6, 6.07) is 4.51. The Morgan fingerprint density at radius 1 is 1.15 bits per heavy atom. The van der Waals surface area contributed by atoms with Crippen LogP contribution in [0.25, 0.3) is 0 Å². The highest BCUT2D eigenvalue weighted by Crippen LogP contribution is 2.36. The van der Waals surface area contributed by atoms with Crippen LogP contribution in [0.4, 0.5) is 13.2 Å². The van der Waals surface area contributed by atoms with Gasteiger partial charge in [-0.25, -0.2) is 0 Å². The molecule has 0 aromatic heterocycles. The van der Waals surface area contributed by atoms with Crippen molar-refractivity contribution < 1.29 is 30.6 Å². The number of carbonyl (C=O) groups excluding carboxylic acids is 1. The molecule has 0 radical (unpaired) electrons. The number of piperidine rings is 1. The number of likely N-dealkylation sites (tertiary alicyclic amines) is 1. The molecule has 1 heterocycles. The fourth-order valence-electron chi connectivity index (χ4n) is 3.21. The molecule has 144 valence electrons. The minimum atomic E-state index is -5.67. The summed E-state index contributed by atoms with van der Waals surface area (Å²) in [6.45, 7) is 2.84. The predicted molar refractivity (Wildman–Crippen MR) is 88.1 cm³/mol. The number of alkyl halides is 3. The largest absolute Gasteiger partial charge is 0.534 e. The maximum atomic E-state index is 12.4. The molecule has 5 nitrogen and oxygen atoms in total. The summed E-state index contributed by atoms with van der Waals surface area (Å²) >= 11 is 0. The number of halogens is 3. The van der Waals surface area contributed by atoms with Gasteiger partial charge in [0.1, 0.15) is 5.75 Å². The lowest BCUT2D eigenvalue weighted by atomic mass is 9.88. The Balaban J connectivity index is 1.66. The molecule has 2 fully saturated rings. The Kier molecular flexibility index (Phi) is 4.94. The lowest BCUT2D eigenvalue weighted by molar-refractivity contribution is -0.133. The van der Waals surface area contributed by atoms with E-state index >= 15 is 0 Å². The molecule has 0 atom stereocenters. The third-order valence-electron chi connectivity index (χ3n) is 4.89. The maximum Gasteiger partial charge on any atom is 0.534 e. The summed E-state index contributed by atoms with van der Waals surface area (Å²) in [4.78, 5) is 14.0. The van der Waals surface area contributed by atoms with E-state index < -0.39 is 15.6 Å². The zero-order chi connectivity index (χ0) is 19.1. The molecule has 3 rings (SSSR count). The van der Waals surface area contributed by atoms with Crippen LogP contribution >= 0.6 is 0 Å². The van der Waals surface area contributed by atoms with Gasteiger partial charge < -0.3 is 9.08 Å². The molecule has 1 aliphatic heterocycles. The Morgan fingerprint density at radius 2 is 1.77 bits per heavy atom. The van der Waals surface area contributed by atoms with E-state index in [0.29, 0.717) is 18.7 Å². The lowest BCUT2D eigenvalue weighted by Gasteiger charge is -2.32. The summed E-state index contributed by atoms with van der Waals surface area (Å²) in [5.74, 6) is 0.277. The highest BCUT2D eigenvalue weighted by molar-refractivity contribution is 7.88. The van der Waals surface area contributed by atoms with Crippen LogP contribution in [0.5, 0.6) is 5.75 Å². The number of nitrogens with zero attached hydrogens (tertiary/aromatic N) is 1. The van der Waals surface area contributed by atoms with Gasteiger partial charge in [-0.2, -0.15) is 21.6 Å². The van der Waals surface area contributed by atoms with Crippen LogP contribution in [0.3, 0.4) is 0 Å². The van der Waals surface area contributed by atoms with Crippen molar-refractivity contribution in [3.05, 3.63) is 29.3 Å². The van der Waals surface area contributed by atoms with E-state index in [1.54, 1.807) is 12.1 Å². The van der Waals surface area contributed by atoms with Gasteiger partial charge in [-0.15, -0.1) is 0 Å². The highest BCUT2D eigenvalue weighted by atomic mass is 32.2. The summed E-state index contributed by atoms with van der Waals surface area (Å²) in [6.07, 6.45) is 3.50. The van der Waals surface area contributed by atoms with Crippen LogP contribution in [0, 0.1) is 12.8 Å². The van der Waals surface area contributed by atoms with Gasteiger partial charge in [0.15, 0.2) is 0 Å². The first-order chi connectivity index (χ1) is 12.1. The first kappa shape index (κ1) is 19.0. The third-order valence-corrected chi connectivity index (χ3v) is 5.85. The second kappa shape index (κ2) is 6.75. The second-order valence-corrected chi connectivity index (χ2v) is 8.42. The van der Waals surface area contributed by atoms with Gasteiger partial charge in [-0.3, -0.25) is 4.79 Å². The summed E-state index contributed by atoms with van der Waals surface area (Å²) in [7, 11) is -5.67. The van der Waals surface area contributed by atoms with Crippen molar-refractivity contribution in [2.75, 3.05) is 13.1 Å². The quantitative estimate of drug-likeness (QED) is 0.583. The molecule has 1 saturated carbocycles. The SMILES string of the molecule is Cc1cc(C2CCN(C(=O)C3CC3)CC2)ccc1OS(=O)(=O)C(F)(F)F. The predicted octanol–water partition coefficient (Wildman–Crippen LogP) is 3.34. The fraction of sp³-hybridized carbons (Fsp3) is 0.588. The van der Waals surface area contributed by atoms with Gasteiger partial charge in [-0.05, 0) is 55.7 Å². The Bertz CT molecular complexity index is 795. The Morgan fingerprint density at radius 3 is 2.27 bits per heavy atom. The number of rotatable bonds is 4. The van der Waals surface area contributed by atoms with Crippen LogP contribution < -0.4 is 4.18 Å². The van der Waals surface area contributed by atoms with Gasteiger partial charge >= 0.3 is 15.6 Å². The third kappa shape index (κ3) is 3.97. The molecule has 1 amide bonds. The summed E-state index contributed by atoms with van der Waals surface area (Å²) in [5.41, 5.74) is -4.22. The van der Waals surface area contributed by atoms with E-state index in [1.807, 2.05) is 4.90 Å². The smallest absolute Gasteiger partial charge is 0.376 e. The molecular weight excluding hydrogens is 371 g/mol. The lowest BCUT2D eigenvalue weighted by Crippen LogP contribution is -2.38. The van der Waals surface area contributed by atoms with Gasteiger partial charge in [0, 0.05) is 19.0 Å². The Labute approximate surface area is 150 Å². The van der Waals surface area contributed by atoms with Gasteiger partial charge in [0.2, 0.25) is 5.91 Å². The van der Waals surface area contributed by atoms with Crippen molar-refractivity contribution in [3.63, 3.8) is 0 Å². The van der Waals surface area contributed by atoms with Crippen molar-refractivity contribution in [2.45, 2.75) is 44.0 Å². The van der Waals surface area contributed by atoms with E-state index in [2.05, 4.69) is 4.18 Å². The van der Waals surface area contributed by atoms with Gasteiger partial charge in [0.05, 0.1) is 0 Å². The van der Waals surface area contributed by atoms with E-state index in [0.717, 1.165) is 31.2 Å². The standard InChI is InChI=1S/C17H20F3NO4S/c1-11-10-14(4-5-15(11)25-26(23,24)17(18,19)20)12-6-8-21(9-7-12)16(22)13-2-3-13/h4-5,10,12-13H,2-3,6-9H2,1H3. The molecule has 26 heavy (non-hydrogen) atoms. The average Bonchev–Trinajstić information content (AvgIpc) is 3.40. The van der Waals surface area contributed by atoms with Crippen molar-refractivity contribution in [1.29, 1.82) is 0 Å². The number of amides is 1. The second-order valence-electron chi connectivity index (χ2n) is 6.88. The van der Waals surface area contributed by atoms with E-state index in [1.165, 1.54) is 13.0 Å². The molecule has 1 aromatic rings. The zero-order valence-corrected chi connectivity index (χ0v) is 15.1. The minimum absolute atomic E-state index is 0.185. The van der Waals surface area contributed by atoms with Crippen LogP contribution in [0.2, 0.25) is 0 Å². The first-order valence-corrected chi connectivity index (χ1v) is 9.89. The minimum Gasteiger partial charge on any atom is -0.376 e. The fourth-order valence-corrected chi connectivity index (χ4v) is 3.73. The Hall–Kier alpha value is -1.77. The maximum absolute atomic E-state index is 12.4. The molecule has 1 saturated heterocycles. The van der Waals surface area contributed by atoms with Crippen LogP contribution in [-0.2, 0) is 14.9 Å². The first-order valence-electron chi connectivity index (χ1n) is 8.48. The number of hydrogen-bond acceptors (Lipinski definition) is 4. The van der Waals surface area contributed by atoms with Crippen LogP contribution in [0.1, 0.15) is 42.7 Å². The monoisotopic (exact) mass is 391 g/mol. The van der Waals surface area contributed by atoms with Crippen molar-refractivity contribution in [3.8, 4) is 5.75 Å². The summed E-state index contributed by atoms with van der Waals surface area (Å²) < 4.78 is 63.8. The number of aryl methyl sites for hydroxylation is 1. The van der Waals surface area contributed by atoms with Crippen molar-refractivity contribution >= 4 is 16.0 Å². The number of benzene rings is 1. The van der Waals surface area contributed by atoms with E-state index in [9.17, 15) is 26.4 Å². The van der Waals surface area contributed by atoms with Gasteiger partial charge in [-0.1, -0.05) is 12.1 Å². The number of hydrogen-bond donors (Lipinski definition) is 0. The number of carbonyl (C=O) groups is 1. The average molecular weight is 391 g/mol. The summed E-state index contributed by atoms with van der Waals surface area (Å²) in [5, 5.41) is 0. The molecule has 0 bridgehead atoms.